The first kappa shape index (κ1) is 15.0. The van der Waals surface area contributed by atoms with Crippen LogP contribution in [0.25, 0.3) is 42.8 Å². The molecule has 5 aromatic rings. The number of pyridine rings is 1. The molecule has 0 spiro atoms. The minimum atomic E-state index is -0.127. The summed E-state index contributed by atoms with van der Waals surface area (Å²) in [6.07, 6.45) is 1.46. The molecule has 0 atom stereocenters. The molecule has 4 nitrogen and oxygen atoms in total. The maximum atomic E-state index is 12.2. The molecule has 3 heterocycles. The molecule has 0 amide bonds. The van der Waals surface area contributed by atoms with Gasteiger partial charge in [0.05, 0.1) is 17.5 Å². The Morgan fingerprint density at radius 2 is 1.58 bits per heavy atom. The molecule has 124 valence electrons. The van der Waals surface area contributed by atoms with Crippen molar-refractivity contribution in [1.29, 1.82) is 0 Å². The van der Waals surface area contributed by atoms with Gasteiger partial charge in [-0.25, -0.2) is 9.97 Å². The first-order valence-corrected chi connectivity index (χ1v) is 9.05. The number of rotatable bonds is 2. The van der Waals surface area contributed by atoms with E-state index in [2.05, 4.69) is 28.2 Å². The van der Waals surface area contributed by atoms with Crippen molar-refractivity contribution in [3.63, 3.8) is 0 Å². The highest BCUT2D eigenvalue weighted by Gasteiger charge is 2.17. The molecule has 0 bridgehead atoms. The van der Waals surface area contributed by atoms with Crippen molar-refractivity contribution in [2.75, 3.05) is 0 Å². The maximum absolute atomic E-state index is 12.2. The summed E-state index contributed by atoms with van der Waals surface area (Å²) >= 11 is 1.39. The van der Waals surface area contributed by atoms with Crippen LogP contribution in [0.4, 0.5) is 0 Å². The average Bonchev–Trinajstić information content (AvgIpc) is 3.09. The van der Waals surface area contributed by atoms with Gasteiger partial charge in [-0.05, 0) is 17.2 Å². The molecule has 3 aromatic heterocycles. The Labute approximate surface area is 152 Å². The Hall–Kier alpha value is -3.31. The van der Waals surface area contributed by atoms with Gasteiger partial charge >= 0.3 is 0 Å². The van der Waals surface area contributed by atoms with Crippen LogP contribution in [0.1, 0.15) is 0 Å². The summed E-state index contributed by atoms with van der Waals surface area (Å²) in [5, 5.41) is 0.932. The molecule has 0 saturated carbocycles. The molecular weight excluding hydrogens is 342 g/mol. The molecule has 0 aliphatic heterocycles. The zero-order valence-electron chi connectivity index (χ0n) is 13.6. The fourth-order valence-corrected chi connectivity index (χ4v) is 4.23. The van der Waals surface area contributed by atoms with Crippen molar-refractivity contribution in [2.45, 2.75) is 0 Å². The van der Waals surface area contributed by atoms with Crippen LogP contribution < -0.4 is 5.56 Å². The van der Waals surface area contributed by atoms with Gasteiger partial charge in [0.2, 0.25) is 0 Å². The maximum Gasteiger partial charge on any atom is 0.268 e. The zero-order valence-corrected chi connectivity index (χ0v) is 14.5. The predicted molar refractivity (Wildman–Crippen MR) is 106 cm³/mol. The van der Waals surface area contributed by atoms with Gasteiger partial charge in [-0.1, -0.05) is 60.7 Å². The summed E-state index contributed by atoms with van der Waals surface area (Å²) < 4.78 is 0.609. The fourth-order valence-electron chi connectivity index (χ4n) is 3.18. The van der Waals surface area contributed by atoms with Gasteiger partial charge in [0.1, 0.15) is 9.53 Å². The summed E-state index contributed by atoms with van der Waals surface area (Å²) in [7, 11) is 0. The summed E-state index contributed by atoms with van der Waals surface area (Å²) in [5.41, 5.74) is 4.64. The summed E-state index contributed by atoms with van der Waals surface area (Å²) in [6.45, 7) is 0. The number of fused-ring (bicyclic) bond motifs is 3. The normalized spacial score (nSPS) is 11.2. The topological polar surface area (TPSA) is 58.6 Å². The van der Waals surface area contributed by atoms with Gasteiger partial charge in [-0.2, -0.15) is 0 Å². The van der Waals surface area contributed by atoms with Crippen molar-refractivity contribution in [3.05, 3.63) is 83.4 Å². The largest absolute Gasteiger partial charge is 0.312 e. The lowest BCUT2D eigenvalue weighted by molar-refractivity contribution is 1.18. The van der Waals surface area contributed by atoms with Crippen molar-refractivity contribution in [1.82, 2.24) is 15.0 Å². The van der Waals surface area contributed by atoms with E-state index in [9.17, 15) is 4.79 Å². The number of benzene rings is 2. The molecule has 0 radical (unpaired) electrons. The third kappa shape index (κ3) is 2.33. The van der Waals surface area contributed by atoms with Crippen molar-refractivity contribution >= 4 is 31.8 Å². The van der Waals surface area contributed by atoms with E-state index in [1.165, 1.54) is 17.7 Å². The van der Waals surface area contributed by atoms with E-state index in [1.807, 2.05) is 48.5 Å². The number of aromatic amines is 1. The van der Waals surface area contributed by atoms with Crippen LogP contribution in [0, 0.1) is 0 Å². The van der Waals surface area contributed by atoms with E-state index in [4.69, 9.17) is 4.98 Å². The lowest BCUT2D eigenvalue weighted by atomic mass is 10.00. The van der Waals surface area contributed by atoms with E-state index in [-0.39, 0.29) is 5.56 Å². The highest BCUT2D eigenvalue weighted by atomic mass is 32.1. The number of aromatic nitrogens is 3. The molecule has 5 heteroatoms. The number of nitrogens with zero attached hydrogens (tertiary/aromatic N) is 2. The zero-order chi connectivity index (χ0) is 17.5. The lowest BCUT2D eigenvalue weighted by Crippen LogP contribution is -2.03. The second kappa shape index (κ2) is 5.89. The number of nitrogens with one attached hydrogen (secondary N) is 1. The van der Waals surface area contributed by atoms with Gasteiger partial charge in [0, 0.05) is 10.9 Å². The minimum Gasteiger partial charge on any atom is -0.312 e. The van der Waals surface area contributed by atoms with Crippen LogP contribution >= 0.6 is 11.3 Å². The quantitative estimate of drug-likeness (QED) is 0.492. The van der Waals surface area contributed by atoms with Gasteiger partial charge in [-0.15, -0.1) is 11.3 Å². The van der Waals surface area contributed by atoms with Crippen LogP contribution in [0.15, 0.2) is 77.9 Å². The second-order valence-corrected chi connectivity index (χ2v) is 6.98. The highest BCUT2D eigenvalue weighted by molar-refractivity contribution is 7.25. The van der Waals surface area contributed by atoms with Gasteiger partial charge in [-0.3, -0.25) is 4.79 Å². The van der Waals surface area contributed by atoms with Crippen LogP contribution in [-0.2, 0) is 0 Å². The van der Waals surface area contributed by atoms with E-state index in [0.29, 0.717) is 10.2 Å². The van der Waals surface area contributed by atoms with Gasteiger partial charge in [0.25, 0.3) is 5.56 Å². The second-order valence-electron chi connectivity index (χ2n) is 5.98. The summed E-state index contributed by atoms with van der Waals surface area (Å²) in [4.78, 5) is 25.0. The lowest BCUT2D eigenvalue weighted by Gasteiger charge is -2.08. The molecule has 0 aliphatic carbocycles. The Morgan fingerprint density at radius 1 is 0.885 bits per heavy atom. The molecule has 0 fully saturated rings. The van der Waals surface area contributed by atoms with Crippen LogP contribution in [0.3, 0.4) is 0 Å². The smallest absolute Gasteiger partial charge is 0.268 e. The molecule has 0 saturated heterocycles. The van der Waals surface area contributed by atoms with Crippen molar-refractivity contribution < 1.29 is 0 Å². The SMILES string of the molecule is O=c1[nH]cnc2c1sc1nc(-c3ccccc3)cc(-c3ccccc3)c12. The fraction of sp³-hybridized carbons (Fsp3) is 0. The molecule has 2 aromatic carbocycles. The van der Waals surface area contributed by atoms with Crippen molar-refractivity contribution in [3.8, 4) is 22.4 Å². The molecule has 5 rings (SSSR count). The predicted octanol–water partition coefficient (Wildman–Crippen LogP) is 4.87. The third-order valence-corrected chi connectivity index (χ3v) is 5.46. The van der Waals surface area contributed by atoms with Crippen molar-refractivity contribution in [2.24, 2.45) is 0 Å². The monoisotopic (exact) mass is 355 g/mol. The number of H-pyrrole nitrogens is 1. The van der Waals surface area contributed by atoms with Gasteiger partial charge in [0.15, 0.2) is 0 Å². The van der Waals surface area contributed by atoms with Crippen LogP contribution in [0.5, 0.6) is 0 Å². The number of hydrogen-bond acceptors (Lipinski definition) is 4. The Morgan fingerprint density at radius 3 is 2.31 bits per heavy atom. The minimum absolute atomic E-state index is 0.127. The summed E-state index contributed by atoms with van der Waals surface area (Å²) in [5.74, 6) is 0. The van der Waals surface area contributed by atoms with Crippen LogP contribution in [-0.4, -0.2) is 15.0 Å². The molecule has 1 N–H and O–H groups in total. The van der Waals surface area contributed by atoms with E-state index >= 15 is 0 Å². The Kier molecular flexibility index (Phi) is 3.40. The van der Waals surface area contributed by atoms with E-state index < -0.39 is 0 Å². The molecular formula is C21H13N3OS. The number of hydrogen-bond donors (Lipinski definition) is 1. The van der Waals surface area contributed by atoms with E-state index in [0.717, 1.165) is 32.6 Å². The average molecular weight is 355 g/mol. The molecule has 26 heavy (non-hydrogen) atoms. The number of thiophene rings is 1. The first-order chi connectivity index (χ1) is 12.8. The standard InChI is InChI=1S/C21H13N3OS/c25-20-19-18(22-12-23-20)17-15(13-7-3-1-4-8-13)11-16(24-21(17)26-19)14-9-5-2-6-10-14/h1-12H,(H,22,23,25). The summed E-state index contributed by atoms with van der Waals surface area (Å²) in [6, 6.07) is 22.3. The molecule has 0 unspecified atom stereocenters. The van der Waals surface area contributed by atoms with E-state index in [1.54, 1.807) is 0 Å². The Balaban J connectivity index is 1.93. The molecule has 0 aliphatic rings. The van der Waals surface area contributed by atoms with Crippen LogP contribution in [0.2, 0.25) is 0 Å². The first-order valence-electron chi connectivity index (χ1n) is 8.23. The third-order valence-electron chi connectivity index (χ3n) is 4.39. The Bertz CT molecular complexity index is 1290. The highest BCUT2D eigenvalue weighted by Crippen LogP contribution is 2.38. The van der Waals surface area contributed by atoms with Gasteiger partial charge < -0.3 is 4.98 Å².